The zero-order valence-electron chi connectivity index (χ0n) is 6.72. The van der Waals surface area contributed by atoms with Gasteiger partial charge in [0.05, 0.1) is 0 Å². The third kappa shape index (κ3) is 1.00. The third-order valence-corrected chi connectivity index (χ3v) is 3.13. The van der Waals surface area contributed by atoms with Crippen LogP contribution in [0.15, 0.2) is 12.2 Å². The van der Waals surface area contributed by atoms with Crippen LogP contribution in [0.4, 0.5) is 0 Å². The van der Waals surface area contributed by atoms with Gasteiger partial charge in [-0.3, -0.25) is 0 Å². The van der Waals surface area contributed by atoms with E-state index >= 15 is 0 Å². The maximum atomic E-state index is 2.44. The predicted octanol–water partition coefficient (Wildman–Crippen LogP) is 3.00. The van der Waals surface area contributed by atoms with E-state index in [2.05, 4.69) is 19.1 Å². The number of hydrogen-bond acceptors (Lipinski definition) is 0. The van der Waals surface area contributed by atoms with Crippen LogP contribution in [0.3, 0.4) is 0 Å². The Bertz CT molecular complexity index is 146. The largest absolute Gasteiger partial charge is 0.0880 e. The Hall–Kier alpha value is -0.260. The second-order valence-electron chi connectivity index (χ2n) is 4.01. The fourth-order valence-corrected chi connectivity index (χ4v) is 2.47. The summed E-state index contributed by atoms with van der Waals surface area (Å²) >= 11 is 0. The van der Waals surface area contributed by atoms with Gasteiger partial charge in [0.1, 0.15) is 0 Å². The lowest BCUT2D eigenvalue weighted by Crippen LogP contribution is -2.18. The van der Waals surface area contributed by atoms with Crippen molar-refractivity contribution in [2.45, 2.75) is 32.6 Å². The maximum Gasteiger partial charge on any atom is -0.0202 e. The molecule has 0 bridgehead atoms. The summed E-state index contributed by atoms with van der Waals surface area (Å²) < 4.78 is 0. The summed E-state index contributed by atoms with van der Waals surface area (Å²) in [6.07, 6.45) is 10.6. The normalized spacial score (nSPS) is 45.5. The molecule has 0 saturated heterocycles. The summed E-state index contributed by atoms with van der Waals surface area (Å²) in [5, 5.41) is 0. The van der Waals surface area contributed by atoms with Gasteiger partial charge >= 0.3 is 0 Å². The summed E-state index contributed by atoms with van der Waals surface area (Å²) in [5.41, 5.74) is 0. The van der Waals surface area contributed by atoms with Crippen LogP contribution in [0, 0.1) is 17.8 Å². The zero-order valence-corrected chi connectivity index (χ0v) is 6.72. The van der Waals surface area contributed by atoms with Gasteiger partial charge in [-0.25, -0.2) is 0 Å². The molecule has 1 fully saturated rings. The minimum atomic E-state index is 0.969. The molecule has 0 radical (unpaired) electrons. The summed E-state index contributed by atoms with van der Waals surface area (Å²) in [6.45, 7) is 2.40. The maximum absolute atomic E-state index is 2.44. The molecule has 0 N–H and O–H groups in total. The molecule has 56 valence electrons. The summed E-state index contributed by atoms with van der Waals surface area (Å²) in [7, 11) is 0. The van der Waals surface area contributed by atoms with Crippen molar-refractivity contribution >= 4 is 0 Å². The first kappa shape index (κ1) is 6.45. The molecule has 0 heteroatoms. The van der Waals surface area contributed by atoms with Crippen LogP contribution in [-0.2, 0) is 0 Å². The highest BCUT2D eigenvalue weighted by molar-refractivity contribution is 5.03. The smallest absolute Gasteiger partial charge is 0.0202 e. The lowest BCUT2D eigenvalue weighted by atomic mass is 9.76. The van der Waals surface area contributed by atoms with Gasteiger partial charge in [0.25, 0.3) is 0 Å². The van der Waals surface area contributed by atoms with Crippen LogP contribution in [0.1, 0.15) is 32.6 Å². The molecule has 3 unspecified atom stereocenters. The third-order valence-electron chi connectivity index (χ3n) is 3.13. The Kier molecular flexibility index (Phi) is 1.55. The Morgan fingerprint density at radius 2 is 2.20 bits per heavy atom. The van der Waals surface area contributed by atoms with E-state index in [4.69, 9.17) is 0 Å². The highest BCUT2D eigenvalue weighted by Gasteiger charge is 2.28. The molecule has 0 aromatic rings. The Morgan fingerprint density at radius 1 is 1.30 bits per heavy atom. The van der Waals surface area contributed by atoms with Gasteiger partial charge in [0, 0.05) is 0 Å². The van der Waals surface area contributed by atoms with Crippen molar-refractivity contribution < 1.29 is 0 Å². The van der Waals surface area contributed by atoms with Gasteiger partial charge in [-0.05, 0) is 37.0 Å². The van der Waals surface area contributed by atoms with Gasteiger partial charge in [0.15, 0.2) is 0 Å². The Labute approximate surface area is 63.3 Å². The zero-order chi connectivity index (χ0) is 6.97. The highest BCUT2D eigenvalue weighted by atomic mass is 14.3. The van der Waals surface area contributed by atoms with Crippen molar-refractivity contribution in [3.8, 4) is 0 Å². The first-order valence-corrected chi connectivity index (χ1v) is 4.53. The van der Waals surface area contributed by atoms with E-state index < -0.39 is 0 Å². The van der Waals surface area contributed by atoms with E-state index in [1.807, 2.05) is 0 Å². The number of hydrogen-bond donors (Lipinski definition) is 0. The van der Waals surface area contributed by atoms with E-state index in [1.165, 1.54) is 25.7 Å². The second kappa shape index (κ2) is 2.41. The van der Waals surface area contributed by atoms with E-state index in [1.54, 1.807) is 0 Å². The molecule has 0 aromatic heterocycles. The van der Waals surface area contributed by atoms with Crippen LogP contribution >= 0.6 is 0 Å². The standard InChI is InChI=1S/C10H16/c1-8-5-6-9-3-2-4-10(9)7-8/h2-3,8-10H,4-7H2,1H3. The SMILES string of the molecule is CC1CCC2C=CCC2C1. The molecule has 10 heavy (non-hydrogen) atoms. The summed E-state index contributed by atoms with van der Waals surface area (Å²) in [6, 6.07) is 0. The minimum absolute atomic E-state index is 0.969. The van der Waals surface area contributed by atoms with E-state index in [0.29, 0.717) is 0 Å². The molecule has 0 aromatic carbocycles. The fraction of sp³-hybridized carbons (Fsp3) is 0.800. The highest BCUT2D eigenvalue weighted by Crippen LogP contribution is 2.39. The molecule has 0 aliphatic heterocycles. The van der Waals surface area contributed by atoms with E-state index in [0.717, 1.165) is 17.8 Å². The van der Waals surface area contributed by atoms with Crippen LogP contribution in [-0.4, -0.2) is 0 Å². The minimum Gasteiger partial charge on any atom is -0.0880 e. The van der Waals surface area contributed by atoms with Gasteiger partial charge in [0.2, 0.25) is 0 Å². The molecule has 2 aliphatic rings. The molecule has 0 heterocycles. The van der Waals surface area contributed by atoms with Crippen LogP contribution in [0.2, 0.25) is 0 Å². The molecule has 2 aliphatic carbocycles. The Balaban J connectivity index is 2.01. The number of rotatable bonds is 0. The van der Waals surface area contributed by atoms with Crippen molar-refractivity contribution in [2.75, 3.05) is 0 Å². The van der Waals surface area contributed by atoms with Gasteiger partial charge in [-0.2, -0.15) is 0 Å². The van der Waals surface area contributed by atoms with Crippen molar-refractivity contribution in [2.24, 2.45) is 17.8 Å². The number of allylic oxidation sites excluding steroid dienone is 2. The average molecular weight is 136 g/mol. The van der Waals surface area contributed by atoms with Crippen molar-refractivity contribution in [3.05, 3.63) is 12.2 Å². The first-order chi connectivity index (χ1) is 4.86. The first-order valence-electron chi connectivity index (χ1n) is 4.53. The molecular formula is C10H16. The van der Waals surface area contributed by atoms with Gasteiger partial charge < -0.3 is 0 Å². The molecular weight excluding hydrogens is 120 g/mol. The van der Waals surface area contributed by atoms with E-state index in [9.17, 15) is 0 Å². The second-order valence-corrected chi connectivity index (χ2v) is 4.01. The summed E-state index contributed by atoms with van der Waals surface area (Å²) in [4.78, 5) is 0. The van der Waals surface area contributed by atoms with Gasteiger partial charge in [-0.1, -0.05) is 25.5 Å². The molecule has 0 spiro atoms. The quantitative estimate of drug-likeness (QED) is 0.449. The van der Waals surface area contributed by atoms with E-state index in [-0.39, 0.29) is 0 Å². The molecule has 1 saturated carbocycles. The summed E-state index contributed by atoms with van der Waals surface area (Å²) in [5.74, 6) is 3.00. The fourth-order valence-electron chi connectivity index (χ4n) is 2.47. The predicted molar refractivity (Wildman–Crippen MR) is 43.8 cm³/mol. The topological polar surface area (TPSA) is 0 Å². The lowest BCUT2D eigenvalue weighted by molar-refractivity contribution is 0.241. The lowest BCUT2D eigenvalue weighted by Gasteiger charge is -2.29. The van der Waals surface area contributed by atoms with Crippen LogP contribution in [0.5, 0.6) is 0 Å². The molecule has 2 rings (SSSR count). The molecule has 0 nitrogen and oxygen atoms in total. The number of fused-ring (bicyclic) bond motifs is 1. The van der Waals surface area contributed by atoms with Crippen LogP contribution in [0.25, 0.3) is 0 Å². The molecule has 3 atom stereocenters. The van der Waals surface area contributed by atoms with Crippen molar-refractivity contribution in [1.29, 1.82) is 0 Å². The molecule has 0 amide bonds. The van der Waals surface area contributed by atoms with Gasteiger partial charge in [-0.15, -0.1) is 0 Å². The Morgan fingerprint density at radius 3 is 3.10 bits per heavy atom. The monoisotopic (exact) mass is 136 g/mol. The van der Waals surface area contributed by atoms with Crippen molar-refractivity contribution in [3.63, 3.8) is 0 Å². The average Bonchev–Trinajstić information content (AvgIpc) is 2.33. The van der Waals surface area contributed by atoms with Crippen LogP contribution < -0.4 is 0 Å². The van der Waals surface area contributed by atoms with Crippen molar-refractivity contribution in [1.82, 2.24) is 0 Å².